The summed E-state index contributed by atoms with van der Waals surface area (Å²) in [4.78, 5) is 8.03. The summed E-state index contributed by atoms with van der Waals surface area (Å²) in [5, 5.41) is 2.08. The summed E-state index contributed by atoms with van der Waals surface area (Å²) in [6, 6.07) is 7.09. The molecule has 2 aliphatic heterocycles. The number of rotatable bonds is 2. The third-order valence-electron chi connectivity index (χ3n) is 3.35. The van der Waals surface area contributed by atoms with Crippen molar-refractivity contribution in [1.82, 2.24) is 4.90 Å². The number of nitrogens with zero attached hydrogens (tertiary/aromatic N) is 2. The fraction of sp³-hybridized carbons (Fsp3) is 0.214. The van der Waals surface area contributed by atoms with Gasteiger partial charge in [0.1, 0.15) is 5.82 Å². The highest BCUT2D eigenvalue weighted by atomic mass is 32.2. The van der Waals surface area contributed by atoms with E-state index in [0.717, 1.165) is 28.3 Å². The molecule has 2 aliphatic rings. The second-order valence-corrected chi connectivity index (χ2v) is 7.69. The first-order valence-electron chi connectivity index (χ1n) is 6.24. The normalized spacial score (nSPS) is 18.1. The van der Waals surface area contributed by atoms with Crippen molar-refractivity contribution in [3.8, 4) is 0 Å². The SMILES string of the molecule is CSC1=C(c2cc3cc(F)ccc3s2)N2CCN=C2S1. The van der Waals surface area contributed by atoms with Crippen LogP contribution in [0.1, 0.15) is 4.88 Å². The number of thioether (sulfide) groups is 2. The highest BCUT2D eigenvalue weighted by molar-refractivity contribution is 8.30. The second-order valence-electron chi connectivity index (χ2n) is 4.55. The lowest BCUT2D eigenvalue weighted by molar-refractivity contribution is 0.630. The molecule has 1 aromatic carbocycles. The molecule has 0 bridgehead atoms. The molecule has 0 amide bonds. The van der Waals surface area contributed by atoms with Gasteiger partial charge in [0.25, 0.3) is 0 Å². The topological polar surface area (TPSA) is 15.6 Å². The lowest BCUT2D eigenvalue weighted by atomic mass is 10.2. The number of thiophene rings is 1. The van der Waals surface area contributed by atoms with E-state index in [1.807, 2.05) is 6.07 Å². The first-order chi connectivity index (χ1) is 9.76. The third kappa shape index (κ3) is 1.89. The van der Waals surface area contributed by atoms with Gasteiger partial charge in [0, 0.05) is 11.2 Å². The molecule has 6 heteroatoms. The van der Waals surface area contributed by atoms with Crippen molar-refractivity contribution in [3.63, 3.8) is 0 Å². The van der Waals surface area contributed by atoms with Crippen molar-refractivity contribution in [2.75, 3.05) is 19.3 Å². The van der Waals surface area contributed by atoms with Gasteiger partial charge in [0.2, 0.25) is 0 Å². The van der Waals surface area contributed by atoms with E-state index in [0.29, 0.717) is 0 Å². The van der Waals surface area contributed by atoms with Gasteiger partial charge in [-0.25, -0.2) is 4.39 Å². The Labute approximate surface area is 128 Å². The molecule has 0 aliphatic carbocycles. The first kappa shape index (κ1) is 12.7. The molecular formula is C14H11FN2S3. The molecule has 0 fully saturated rings. The molecule has 20 heavy (non-hydrogen) atoms. The number of benzene rings is 1. The van der Waals surface area contributed by atoms with Crippen molar-refractivity contribution in [2.24, 2.45) is 4.99 Å². The van der Waals surface area contributed by atoms with Crippen molar-refractivity contribution < 1.29 is 4.39 Å². The van der Waals surface area contributed by atoms with Gasteiger partial charge in [-0.15, -0.1) is 23.1 Å². The van der Waals surface area contributed by atoms with Crippen LogP contribution < -0.4 is 0 Å². The molecule has 102 valence electrons. The minimum absolute atomic E-state index is 0.176. The van der Waals surface area contributed by atoms with Gasteiger partial charge in [-0.3, -0.25) is 4.99 Å². The molecule has 0 saturated carbocycles. The molecule has 1 aromatic heterocycles. The molecule has 0 unspecified atom stereocenters. The lowest BCUT2D eigenvalue weighted by Crippen LogP contribution is -2.19. The largest absolute Gasteiger partial charge is 0.316 e. The zero-order chi connectivity index (χ0) is 13.7. The highest BCUT2D eigenvalue weighted by Gasteiger charge is 2.33. The number of hydrogen-bond acceptors (Lipinski definition) is 5. The Bertz CT molecular complexity index is 763. The van der Waals surface area contributed by atoms with Crippen LogP contribution in [0.2, 0.25) is 0 Å². The molecule has 0 atom stereocenters. The van der Waals surface area contributed by atoms with E-state index in [4.69, 9.17) is 0 Å². The van der Waals surface area contributed by atoms with E-state index in [9.17, 15) is 4.39 Å². The van der Waals surface area contributed by atoms with Gasteiger partial charge in [-0.2, -0.15) is 0 Å². The first-order valence-corrected chi connectivity index (χ1v) is 9.09. The van der Waals surface area contributed by atoms with Crippen LogP contribution in [0, 0.1) is 5.82 Å². The molecule has 4 rings (SSSR count). The average molecular weight is 322 g/mol. The fourth-order valence-electron chi connectivity index (χ4n) is 2.47. The molecule has 0 radical (unpaired) electrons. The Kier molecular flexibility index (Phi) is 3.05. The fourth-order valence-corrected chi connectivity index (χ4v) is 5.60. The van der Waals surface area contributed by atoms with E-state index in [-0.39, 0.29) is 5.82 Å². The van der Waals surface area contributed by atoms with Gasteiger partial charge < -0.3 is 4.90 Å². The molecular weight excluding hydrogens is 311 g/mol. The summed E-state index contributed by atoms with van der Waals surface area (Å²) in [6.45, 7) is 1.82. The average Bonchev–Trinajstić information content (AvgIpc) is 3.09. The number of hydrogen-bond donors (Lipinski definition) is 0. The summed E-state index contributed by atoms with van der Waals surface area (Å²) >= 11 is 5.23. The van der Waals surface area contributed by atoms with Gasteiger partial charge in [0.15, 0.2) is 5.17 Å². The van der Waals surface area contributed by atoms with Crippen LogP contribution in [0.5, 0.6) is 0 Å². The number of fused-ring (bicyclic) bond motifs is 2. The monoisotopic (exact) mass is 322 g/mol. The van der Waals surface area contributed by atoms with Crippen LogP contribution >= 0.6 is 34.9 Å². The Balaban J connectivity index is 1.86. The third-order valence-corrected chi connectivity index (χ3v) is 6.69. The van der Waals surface area contributed by atoms with Crippen molar-refractivity contribution in [1.29, 1.82) is 0 Å². The molecule has 2 nitrogen and oxygen atoms in total. The maximum absolute atomic E-state index is 13.3. The van der Waals surface area contributed by atoms with Crippen LogP contribution in [0.3, 0.4) is 0 Å². The number of halogens is 1. The van der Waals surface area contributed by atoms with Gasteiger partial charge in [-0.1, -0.05) is 0 Å². The Morgan fingerprint density at radius 3 is 3.10 bits per heavy atom. The lowest BCUT2D eigenvalue weighted by Gasteiger charge is -2.15. The summed E-state index contributed by atoms with van der Waals surface area (Å²) < 4.78 is 15.8. The minimum atomic E-state index is -0.176. The van der Waals surface area contributed by atoms with Crippen LogP contribution in [0.4, 0.5) is 4.39 Å². The van der Waals surface area contributed by atoms with Crippen molar-refractivity contribution in [3.05, 3.63) is 39.2 Å². The molecule has 0 N–H and O–H groups in total. The quantitative estimate of drug-likeness (QED) is 0.812. The van der Waals surface area contributed by atoms with Crippen LogP contribution in [0.15, 0.2) is 33.5 Å². The van der Waals surface area contributed by atoms with Crippen molar-refractivity contribution >= 4 is 55.8 Å². The van der Waals surface area contributed by atoms with E-state index in [1.54, 1.807) is 40.9 Å². The Morgan fingerprint density at radius 1 is 1.35 bits per heavy atom. The number of aliphatic imine (C=N–C) groups is 1. The molecule has 3 heterocycles. The van der Waals surface area contributed by atoms with Gasteiger partial charge in [-0.05, 0) is 47.7 Å². The van der Waals surface area contributed by atoms with E-state index in [1.165, 1.54) is 20.9 Å². The van der Waals surface area contributed by atoms with Crippen LogP contribution in [-0.2, 0) is 0 Å². The van der Waals surface area contributed by atoms with Crippen LogP contribution in [-0.4, -0.2) is 29.4 Å². The summed E-state index contributed by atoms with van der Waals surface area (Å²) in [6.07, 6.45) is 2.10. The zero-order valence-corrected chi connectivity index (χ0v) is 13.2. The van der Waals surface area contributed by atoms with Gasteiger partial charge in [0.05, 0.1) is 21.4 Å². The number of amidine groups is 1. The zero-order valence-electron chi connectivity index (χ0n) is 10.7. The maximum Gasteiger partial charge on any atom is 0.169 e. The molecule has 0 saturated heterocycles. The van der Waals surface area contributed by atoms with E-state index < -0.39 is 0 Å². The predicted molar refractivity (Wildman–Crippen MR) is 88.8 cm³/mol. The Morgan fingerprint density at radius 2 is 2.25 bits per heavy atom. The van der Waals surface area contributed by atoms with E-state index in [2.05, 4.69) is 22.2 Å². The van der Waals surface area contributed by atoms with Crippen LogP contribution in [0.25, 0.3) is 15.8 Å². The highest BCUT2D eigenvalue weighted by Crippen LogP contribution is 2.48. The maximum atomic E-state index is 13.3. The predicted octanol–water partition coefficient (Wildman–Crippen LogP) is 4.45. The van der Waals surface area contributed by atoms with Crippen molar-refractivity contribution in [2.45, 2.75) is 0 Å². The van der Waals surface area contributed by atoms with Gasteiger partial charge >= 0.3 is 0 Å². The summed E-state index contributed by atoms with van der Waals surface area (Å²) in [5.74, 6) is -0.176. The molecule has 2 aromatic rings. The summed E-state index contributed by atoms with van der Waals surface area (Å²) in [5.41, 5.74) is 1.25. The molecule has 0 spiro atoms. The summed E-state index contributed by atoms with van der Waals surface area (Å²) in [7, 11) is 0. The standard InChI is InChI=1S/C14H11FN2S3/c1-18-13-12(17-5-4-16-14(17)20-13)11-7-8-6-9(15)2-3-10(8)19-11/h2-3,6-7H,4-5H2,1H3. The minimum Gasteiger partial charge on any atom is -0.316 e. The Hall–Kier alpha value is -0.980. The smallest absolute Gasteiger partial charge is 0.169 e. The van der Waals surface area contributed by atoms with E-state index >= 15 is 0 Å². The second kappa shape index (κ2) is 4.79.